The van der Waals surface area contributed by atoms with Crippen molar-refractivity contribution in [1.29, 1.82) is 0 Å². The highest BCUT2D eigenvalue weighted by Gasteiger charge is 2.46. The standard InChI is InChI=1S/C18H32N4O2/c23-16-18(10-5-7-13-20-18)11-8-14-22(16)15-9-4-2-1-3-6-12-19-17(24)21-15/h15,20H,1-14H2,(H2,19,21,24). The van der Waals surface area contributed by atoms with Crippen molar-refractivity contribution in [2.24, 2.45) is 0 Å². The van der Waals surface area contributed by atoms with Gasteiger partial charge in [0.25, 0.3) is 0 Å². The summed E-state index contributed by atoms with van der Waals surface area (Å²) in [6.45, 7) is 2.41. The lowest BCUT2D eigenvalue weighted by molar-refractivity contribution is -0.146. The predicted octanol–water partition coefficient (Wildman–Crippen LogP) is 2.10. The summed E-state index contributed by atoms with van der Waals surface area (Å²) in [5.74, 6) is 0.202. The van der Waals surface area contributed by atoms with Crippen molar-refractivity contribution in [3.63, 3.8) is 0 Å². The van der Waals surface area contributed by atoms with Crippen LogP contribution in [-0.4, -0.2) is 48.2 Å². The molecular weight excluding hydrogens is 304 g/mol. The third-order valence-electron chi connectivity index (χ3n) is 5.78. The minimum Gasteiger partial charge on any atom is -0.338 e. The molecule has 3 aliphatic rings. The van der Waals surface area contributed by atoms with E-state index in [-0.39, 0.29) is 23.6 Å². The van der Waals surface area contributed by atoms with Gasteiger partial charge in [0.1, 0.15) is 6.17 Å². The van der Waals surface area contributed by atoms with Gasteiger partial charge in [-0.05, 0) is 57.9 Å². The molecule has 3 fully saturated rings. The summed E-state index contributed by atoms with van der Waals surface area (Å²) >= 11 is 0. The minimum atomic E-state index is -0.374. The molecule has 0 aromatic carbocycles. The third kappa shape index (κ3) is 4.02. The normalized spacial score (nSPS) is 33.5. The monoisotopic (exact) mass is 336 g/mol. The molecule has 0 aliphatic carbocycles. The van der Waals surface area contributed by atoms with Gasteiger partial charge < -0.3 is 20.9 Å². The summed E-state index contributed by atoms with van der Waals surface area (Å²) in [5.41, 5.74) is -0.374. The van der Waals surface area contributed by atoms with E-state index in [4.69, 9.17) is 0 Å². The van der Waals surface area contributed by atoms with E-state index in [1.165, 1.54) is 19.3 Å². The Kier molecular flexibility index (Phi) is 5.98. The average molecular weight is 336 g/mol. The molecule has 0 radical (unpaired) electrons. The fourth-order valence-electron chi connectivity index (χ4n) is 4.40. The van der Waals surface area contributed by atoms with E-state index >= 15 is 0 Å². The van der Waals surface area contributed by atoms with E-state index in [0.717, 1.165) is 71.0 Å². The van der Waals surface area contributed by atoms with Crippen LogP contribution in [-0.2, 0) is 4.79 Å². The van der Waals surface area contributed by atoms with Gasteiger partial charge in [-0.1, -0.05) is 19.3 Å². The number of hydrogen-bond donors (Lipinski definition) is 3. The topological polar surface area (TPSA) is 73.5 Å². The second-order valence-electron chi connectivity index (χ2n) is 7.54. The molecule has 0 saturated carbocycles. The van der Waals surface area contributed by atoms with E-state index in [1.807, 2.05) is 4.90 Å². The lowest BCUT2D eigenvalue weighted by atomic mass is 9.80. The molecule has 136 valence electrons. The van der Waals surface area contributed by atoms with E-state index in [9.17, 15) is 9.59 Å². The first-order chi connectivity index (χ1) is 11.7. The van der Waals surface area contributed by atoms with Crippen LogP contribution in [0.2, 0.25) is 0 Å². The maximum absolute atomic E-state index is 13.2. The molecule has 3 rings (SSSR count). The summed E-state index contributed by atoms with van der Waals surface area (Å²) < 4.78 is 0. The Morgan fingerprint density at radius 2 is 1.62 bits per heavy atom. The Bertz CT molecular complexity index is 443. The number of hydrogen-bond acceptors (Lipinski definition) is 3. The molecule has 3 saturated heterocycles. The van der Waals surface area contributed by atoms with E-state index in [0.29, 0.717) is 0 Å². The molecule has 3 N–H and O–H groups in total. The summed E-state index contributed by atoms with van der Waals surface area (Å²) in [4.78, 5) is 27.3. The highest BCUT2D eigenvalue weighted by Crippen LogP contribution is 2.31. The zero-order chi connectivity index (χ0) is 16.8. The number of carbonyl (C=O) groups excluding carboxylic acids is 2. The molecule has 24 heavy (non-hydrogen) atoms. The number of nitrogens with zero attached hydrogens (tertiary/aromatic N) is 1. The van der Waals surface area contributed by atoms with E-state index in [2.05, 4.69) is 16.0 Å². The Balaban J connectivity index is 1.70. The van der Waals surface area contributed by atoms with Crippen molar-refractivity contribution in [3.8, 4) is 0 Å². The van der Waals surface area contributed by atoms with E-state index in [1.54, 1.807) is 0 Å². The van der Waals surface area contributed by atoms with Gasteiger partial charge in [-0.15, -0.1) is 0 Å². The van der Waals surface area contributed by atoms with Crippen molar-refractivity contribution in [2.45, 2.75) is 82.3 Å². The summed E-state index contributed by atoms with van der Waals surface area (Å²) in [7, 11) is 0. The molecule has 2 atom stereocenters. The van der Waals surface area contributed by atoms with Gasteiger partial charge in [0, 0.05) is 13.1 Å². The predicted molar refractivity (Wildman–Crippen MR) is 93.6 cm³/mol. The van der Waals surface area contributed by atoms with Crippen LogP contribution in [0.1, 0.15) is 70.6 Å². The Labute approximate surface area is 145 Å². The van der Waals surface area contributed by atoms with Gasteiger partial charge in [0.15, 0.2) is 0 Å². The van der Waals surface area contributed by atoms with E-state index < -0.39 is 0 Å². The molecule has 3 amide bonds. The van der Waals surface area contributed by atoms with Gasteiger partial charge in [-0.3, -0.25) is 4.79 Å². The first-order valence-electron chi connectivity index (χ1n) is 9.82. The zero-order valence-corrected chi connectivity index (χ0v) is 14.7. The van der Waals surface area contributed by atoms with Crippen LogP contribution in [0.25, 0.3) is 0 Å². The van der Waals surface area contributed by atoms with Crippen molar-refractivity contribution >= 4 is 11.9 Å². The molecule has 6 heteroatoms. The van der Waals surface area contributed by atoms with Gasteiger partial charge >= 0.3 is 6.03 Å². The molecule has 2 unspecified atom stereocenters. The number of carbonyl (C=O) groups is 2. The average Bonchev–Trinajstić information content (AvgIpc) is 2.64. The summed E-state index contributed by atoms with van der Waals surface area (Å²) in [6, 6.07) is -0.133. The maximum Gasteiger partial charge on any atom is 0.316 e. The van der Waals surface area contributed by atoms with Gasteiger partial charge in [0.2, 0.25) is 5.91 Å². The molecule has 0 aromatic heterocycles. The Morgan fingerprint density at radius 3 is 2.46 bits per heavy atom. The van der Waals surface area contributed by atoms with Crippen LogP contribution in [0.15, 0.2) is 0 Å². The number of nitrogens with one attached hydrogen (secondary N) is 3. The van der Waals surface area contributed by atoms with Gasteiger partial charge in [-0.25, -0.2) is 4.79 Å². The Hall–Kier alpha value is -1.30. The van der Waals surface area contributed by atoms with Crippen molar-refractivity contribution < 1.29 is 9.59 Å². The number of amides is 3. The Morgan fingerprint density at radius 1 is 0.875 bits per heavy atom. The second kappa shape index (κ2) is 8.19. The smallest absolute Gasteiger partial charge is 0.316 e. The van der Waals surface area contributed by atoms with Crippen molar-refractivity contribution in [1.82, 2.24) is 20.9 Å². The van der Waals surface area contributed by atoms with Crippen LogP contribution in [0, 0.1) is 0 Å². The summed E-state index contributed by atoms with van der Waals surface area (Å²) in [6.07, 6.45) is 11.5. The van der Waals surface area contributed by atoms with Crippen LogP contribution in [0.3, 0.4) is 0 Å². The van der Waals surface area contributed by atoms with Crippen LogP contribution in [0.5, 0.6) is 0 Å². The number of urea groups is 1. The van der Waals surface area contributed by atoms with Gasteiger partial charge in [0.05, 0.1) is 5.54 Å². The number of piperidine rings is 2. The third-order valence-corrected chi connectivity index (χ3v) is 5.78. The lowest BCUT2D eigenvalue weighted by Crippen LogP contribution is -2.66. The highest BCUT2D eigenvalue weighted by atomic mass is 16.2. The lowest BCUT2D eigenvalue weighted by Gasteiger charge is -2.47. The molecule has 3 aliphatic heterocycles. The quantitative estimate of drug-likeness (QED) is 0.686. The molecule has 1 spiro atoms. The van der Waals surface area contributed by atoms with Crippen LogP contribution in [0.4, 0.5) is 4.79 Å². The maximum atomic E-state index is 13.2. The van der Waals surface area contributed by atoms with Crippen LogP contribution >= 0.6 is 0 Å². The summed E-state index contributed by atoms with van der Waals surface area (Å²) in [5, 5.41) is 9.50. The number of likely N-dealkylation sites (tertiary alicyclic amines) is 1. The molecule has 3 heterocycles. The van der Waals surface area contributed by atoms with Crippen molar-refractivity contribution in [2.75, 3.05) is 19.6 Å². The fraction of sp³-hybridized carbons (Fsp3) is 0.889. The molecule has 0 bridgehead atoms. The largest absolute Gasteiger partial charge is 0.338 e. The number of rotatable bonds is 1. The highest BCUT2D eigenvalue weighted by molar-refractivity contribution is 5.88. The van der Waals surface area contributed by atoms with Crippen molar-refractivity contribution in [3.05, 3.63) is 0 Å². The SMILES string of the molecule is O=C1NCCCCCCCC(N2CCCC3(CCCCN3)C2=O)N1. The first kappa shape index (κ1) is 17.5. The molecular formula is C18H32N4O2. The van der Waals surface area contributed by atoms with Crippen LogP contribution < -0.4 is 16.0 Å². The minimum absolute atomic E-state index is 0.133. The van der Waals surface area contributed by atoms with Gasteiger partial charge in [-0.2, -0.15) is 0 Å². The first-order valence-corrected chi connectivity index (χ1v) is 9.82. The molecule has 6 nitrogen and oxygen atoms in total. The second-order valence-corrected chi connectivity index (χ2v) is 7.54. The fourth-order valence-corrected chi connectivity index (χ4v) is 4.40. The zero-order valence-electron chi connectivity index (χ0n) is 14.7. The molecule has 0 aromatic rings.